The first-order valence-corrected chi connectivity index (χ1v) is 8.97. The Hall–Kier alpha value is -2.18. The van der Waals surface area contributed by atoms with Gasteiger partial charge in [0.2, 0.25) is 0 Å². The molecular weight excluding hydrogens is 316 g/mol. The van der Waals surface area contributed by atoms with E-state index < -0.39 is 0 Å². The molecule has 6 heteroatoms. The van der Waals surface area contributed by atoms with E-state index in [9.17, 15) is 0 Å². The summed E-state index contributed by atoms with van der Waals surface area (Å²) in [5, 5.41) is 0. The highest BCUT2D eigenvalue weighted by molar-refractivity contribution is 5.62. The summed E-state index contributed by atoms with van der Waals surface area (Å²) in [6.07, 6.45) is 3.41. The van der Waals surface area contributed by atoms with Crippen molar-refractivity contribution in [3.63, 3.8) is 0 Å². The lowest BCUT2D eigenvalue weighted by Gasteiger charge is -2.38. The van der Waals surface area contributed by atoms with Crippen LogP contribution in [0.1, 0.15) is 19.8 Å². The number of aromatic nitrogens is 2. The van der Waals surface area contributed by atoms with Gasteiger partial charge in [0.15, 0.2) is 5.79 Å². The van der Waals surface area contributed by atoms with Crippen molar-refractivity contribution >= 4 is 17.3 Å². The predicted octanol–water partition coefficient (Wildman–Crippen LogP) is 2.98. The van der Waals surface area contributed by atoms with Crippen molar-refractivity contribution in [1.82, 2.24) is 9.97 Å². The van der Waals surface area contributed by atoms with Crippen LogP contribution < -0.4 is 9.80 Å². The van der Waals surface area contributed by atoms with Crippen LogP contribution in [-0.2, 0) is 9.47 Å². The molecule has 1 spiro atoms. The molecule has 2 saturated heterocycles. The molecule has 2 aromatic rings. The highest BCUT2D eigenvalue weighted by Crippen LogP contribution is 2.33. The van der Waals surface area contributed by atoms with E-state index in [4.69, 9.17) is 9.47 Å². The lowest BCUT2D eigenvalue weighted by molar-refractivity contribution is -0.169. The molecule has 2 aliphatic rings. The van der Waals surface area contributed by atoms with Crippen LogP contribution in [0, 0.1) is 0 Å². The maximum atomic E-state index is 5.81. The van der Waals surface area contributed by atoms with Crippen LogP contribution in [0.15, 0.2) is 42.7 Å². The molecule has 0 unspecified atom stereocenters. The zero-order chi connectivity index (χ0) is 17.1. The Morgan fingerprint density at radius 1 is 1.08 bits per heavy atom. The number of ether oxygens (including phenoxy) is 2. The average molecular weight is 340 g/mol. The number of benzene rings is 1. The summed E-state index contributed by atoms with van der Waals surface area (Å²) in [5.41, 5.74) is 1.14. The van der Waals surface area contributed by atoms with E-state index in [-0.39, 0.29) is 5.79 Å². The van der Waals surface area contributed by atoms with Crippen molar-refractivity contribution in [1.29, 1.82) is 0 Å². The van der Waals surface area contributed by atoms with Crippen molar-refractivity contribution in [3.8, 4) is 0 Å². The standard InChI is InChI=1S/C19H24N4O2/c1-2-23(16-6-4-3-5-7-16)18-14-17(20-15-21-18)22-10-8-19(9-11-22)24-12-13-25-19/h3-7,14-15H,2,8-13H2,1H3. The summed E-state index contributed by atoms with van der Waals surface area (Å²) in [6, 6.07) is 12.4. The molecule has 0 bridgehead atoms. The predicted molar refractivity (Wildman–Crippen MR) is 97.2 cm³/mol. The van der Waals surface area contributed by atoms with Crippen LogP contribution in [-0.4, -0.2) is 48.6 Å². The molecule has 2 fully saturated rings. The fraction of sp³-hybridized carbons (Fsp3) is 0.474. The third kappa shape index (κ3) is 3.32. The Balaban J connectivity index is 1.51. The van der Waals surface area contributed by atoms with E-state index in [0.29, 0.717) is 13.2 Å². The Bertz CT molecular complexity index is 694. The lowest BCUT2D eigenvalue weighted by atomic mass is 10.0. The molecule has 6 nitrogen and oxygen atoms in total. The minimum absolute atomic E-state index is 0.355. The summed E-state index contributed by atoms with van der Waals surface area (Å²) in [7, 11) is 0. The van der Waals surface area contributed by atoms with Crippen LogP contribution in [0.2, 0.25) is 0 Å². The number of hydrogen-bond donors (Lipinski definition) is 0. The SMILES string of the molecule is CCN(c1ccccc1)c1cc(N2CCC3(CC2)OCCO3)ncn1. The molecule has 4 rings (SSSR count). The van der Waals surface area contributed by atoms with Gasteiger partial charge in [0.1, 0.15) is 18.0 Å². The van der Waals surface area contributed by atoms with Crippen LogP contribution in [0.4, 0.5) is 17.3 Å². The van der Waals surface area contributed by atoms with Gasteiger partial charge in [-0.05, 0) is 19.1 Å². The Kier molecular flexibility index (Phi) is 4.55. The first-order chi connectivity index (χ1) is 12.3. The number of piperidine rings is 1. The molecule has 0 atom stereocenters. The van der Waals surface area contributed by atoms with Gasteiger partial charge in [0.05, 0.1) is 13.2 Å². The van der Waals surface area contributed by atoms with Crippen molar-refractivity contribution in [2.24, 2.45) is 0 Å². The Morgan fingerprint density at radius 3 is 2.48 bits per heavy atom. The van der Waals surface area contributed by atoms with Crippen LogP contribution >= 0.6 is 0 Å². The van der Waals surface area contributed by atoms with E-state index >= 15 is 0 Å². The largest absolute Gasteiger partial charge is 0.356 e. The van der Waals surface area contributed by atoms with Gasteiger partial charge in [0, 0.05) is 44.2 Å². The Morgan fingerprint density at radius 2 is 1.80 bits per heavy atom. The van der Waals surface area contributed by atoms with Gasteiger partial charge in [-0.2, -0.15) is 0 Å². The minimum Gasteiger partial charge on any atom is -0.356 e. The zero-order valence-corrected chi connectivity index (χ0v) is 14.6. The van der Waals surface area contributed by atoms with Crippen molar-refractivity contribution in [2.75, 3.05) is 42.6 Å². The fourth-order valence-electron chi connectivity index (χ4n) is 3.60. The van der Waals surface area contributed by atoms with Crippen LogP contribution in [0.3, 0.4) is 0 Å². The van der Waals surface area contributed by atoms with E-state index in [0.717, 1.165) is 49.8 Å². The summed E-state index contributed by atoms with van der Waals surface area (Å²) in [5.74, 6) is 1.53. The minimum atomic E-state index is -0.355. The van der Waals surface area contributed by atoms with E-state index in [2.05, 4.69) is 44.9 Å². The molecule has 0 aliphatic carbocycles. The van der Waals surface area contributed by atoms with Gasteiger partial charge in [-0.3, -0.25) is 0 Å². The average Bonchev–Trinajstić information content (AvgIpc) is 3.12. The summed E-state index contributed by atoms with van der Waals surface area (Å²) >= 11 is 0. The van der Waals surface area contributed by atoms with Gasteiger partial charge < -0.3 is 19.3 Å². The molecule has 0 amide bonds. The molecule has 0 N–H and O–H groups in total. The van der Waals surface area contributed by atoms with Gasteiger partial charge in [-0.15, -0.1) is 0 Å². The topological polar surface area (TPSA) is 50.7 Å². The van der Waals surface area contributed by atoms with Gasteiger partial charge in [-0.25, -0.2) is 9.97 Å². The van der Waals surface area contributed by atoms with Crippen molar-refractivity contribution < 1.29 is 9.47 Å². The first kappa shape index (κ1) is 16.3. The zero-order valence-electron chi connectivity index (χ0n) is 14.6. The summed E-state index contributed by atoms with van der Waals surface area (Å²) < 4.78 is 11.6. The second kappa shape index (κ2) is 6.98. The molecule has 1 aromatic carbocycles. The molecule has 132 valence electrons. The lowest BCUT2D eigenvalue weighted by Crippen LogP contribution is -2.45. The van der Waals surface area contributed by atoms with Crippen molar-refractivity contribution in [2.45, 2.75) is 25.6 Å². The molecule has 1 aromatic heterocycles. The fourth-order valence-corrected chi connectivity index (χ4v) is 3.60. The molecule has 3 heterocycles. The number of rotatable bonds is 4. The number of para-hydroxylation sites is 1. The van der Waals surface area contributed by atoms with E-state index in [1.807, 2.05) is 18.2 Å². The van der Waals surface area contributed by atoms with Crippen LogP contribution in [0.25, 0.3) is 0 Å². The Labute approximate surface area is 148 Å². The van der Waals surface area contributed by atoms with Gasteiger partial charge >= 0.3 is 0 Å². The summed E-state index contributed by atoms with van der Waals surface area (Å²) in [4.78, 5) is 13.5. The van der Waals surface area contributed by atoms with Crippen LogP contribution in [0.5, 0.6) is 0 Å². The maximum absolute atomic E-state index is 5.81. The van der Waals surface area contributed by atoms with Crippen molar-refractivity contribution in [3.05, 3.63) is 42.7 Å². The highest BCUT2D eigenvalue weighted by Gasteiger charge is 2.40. The normalized spacial score (nSPS) is 19.3. The molecular formula is C19H24N4O2. The number of anilines is 3. The number of nitrogens with zero attached hydrogens (tertiary/aromatic N) is 4. The summed E-state index contributed by atoms with van der Waals surface area (Å²) in [6.45, 7) is 6.17. The molecule has 0 radical (unpaired) electrons. The third-order valence-corrected chi connectivity index (χ3v) is 4.96. The highest BCUT2D eigenvalue weighted by atomic mass is 16.7. The van der Waals surface area contributed by atoms with E-state index in [1.165, 1.54) is 0 Å². The molecule has 25 heavy (non-hydrogen) atoms. The van der Waals surface area contributed by atoms with E-state index in [1.54, 1.807) is 6.33 Å². The van der Waals surface area contributed by atoms with Gasteiger partial charge in [0.25, 0.3) is 0 Å². The number of hydrogen-bond acceptors (Lipinski definition) is 6. The molecule has 2 aliphatic heterocycles. The second-order valence-electron chi connectivity index (χ2n) is 6.41. The maximum Gasteiger partial charge on any atom is 0.171 e. The third-order valence-electron chi connectivity index (χ3n) is 4.96. The monoisotopic (exact) mass is 340 g/mol. The quantitative estimate of drug-likeness (QED) is 0.853. The first-order valence-electron chi connectivity index (χ1n) is 8.97. The molecule has 0 saturated carbocycles. The smallest absolute Gasteiger partial charge is 0.171 e. The second-order valence-corrected chi connectivity index (χ2v) is 6.41. The van der Waals surface area contributed by atoms with Gasteiger partial charge in [-0.1, -0.05) is 18.2 Å².